The van der Waals surface area contributed by atoms with Gasteiger partial charge in [0.05, 0.1) is 4.90 Å². The Morgan fingerprint density at radius 2 is 1.87 bits per heavy atom. The molecule has 1 fully saturated rings. The van der Waals surface area contributed by atoms with Crippen molar-refractivity contribution in [3.8, 4) is 11.1 Å². The van der Waals surface area contributed by atoms with E-state index in [1.54, 1.807) is 18.7 Å². The lowest BCUT2D eigenvalue weighted by atomic mass is 9.91. The highest BCUT2D eigenvalue weighted by Crippen LogP contribution is 2.30. The van der Waals surface area contributed by atoms with Crippen LogP contribution in [-0.4, -0.2) is 34.2 Å². The molecule has 158 valence electrons. The van der Waals surface area contributed by atoms with Crippen molar-refractivity contribution in [2.24, 2.45) is 0 Å². The monoisotopic (exact) mass is 425 g/mol. The second-order valence-corrected chi connectivity index (χ2v) is 9.59. The second-order valence-electron chi connectivity index (χ2n) is 7.91. The van der Waals surface area contributed by atoms with Gasteiger partial charge in [0, 0.05) is 29.5 Å². The fourth-order valence-electron chi connectivity index (χ4n) is 4.16. The van der Waals surface area contributed by atoms with Gasteiger partial charge in [-0.1, -0.05) is 19.1 Å². The maximum Gasteiger partial charge on any atom is 0.241 e. The first-order chi connectivity index (χ1) is 14.5. The van der Waals surface area contributed by atoms with Gasteiger partial charge in [0.25, 0.3) is 0 Å². The maximum absolute atomic E-state index is 13.2. The molecule has 1 N–H and O–H groups in total. The zero-order valence-corrected chi connectivity index (χ0v) is 18.1. The molecule has 0 radical (unpaired) electrons. The van der Waals surface area contributed by atoms with Crippen molar-refractivity contribution in [2.45, 2.75) is 62.9 Å². The Bertz CT molecular complexity index is 1100. The van der Waals surface area contributed by atoms with E-state index in [1.165, 1.54) is 0 Å². The molecule has 4 rings (SSSR count). The van der Waals surface area contributed by atoms with E-state index in [0.29, 0.717) is 11.3 Å². The molecular formula is C22H27N5O2S. The summed E-state index contributed by atoms with van der Waals surface area (Å²) >= 11 is 0. The highest BCUT2D eigenvalue weighted by atomic mass is 32.2. The van der Waals surface area contributed by atoms with Crippen molar-refractivity contribution in [1.29, 1.82) is 0 Å². The zero-order valence-electron chi connectivity index (χ0n) is 17.3. The molecule has 2 aromatic heterocycles. The number of nitrogens with one attached hydrogen (secondary N) is 1. The average molecular weight is 426 g/mol. The van der Waals surface area contributed by atoms with Crippen molar-refractivity contribution in [3.05, 3.63) is 60.4 Å². The van der Waals surface area contributed by atoms with Crippen LogP contribution in [0.2, 0.25) is 0 Å². The molecule has 0 aliphatic heterocycles. The van der Waals surface area contributed by atoms with Crippen LogP contribution in [0.1, 0.15) is 49.9 Å². The van der Waals surface area contributed by atoms with E-state index in [4.69, 9.17) is 0 Å². The van der Waals surface area contributed by atoms with Crippen molar-refractivity contribution >= 4 is 10.0 Å². The summed E-state index contributed by atoms with van der Waals surface area (Å²) in [7, 11) is -3.61. The minimum absolute atomic E-state index is 0.0955. The molecular weight excluding hydrogens is 398 g/mol. The molecule has 0 saturated heterocycles. The molecule has 0 unspecified atom stereocenters. The number of pyridine rings is 1. The third kappa shape index (κ3) is 4.44. The van der Waals surface area contributed by atoms with Crippen molar-refractivity contribution in [3.63, 3.8) is 0 Å². The molecule has 2 atom stereocenters. The average Bonchev–Trinajstić information content (AvgIpc) is 3.29. The van der Waals surface area contributed by atoms with Gasteiger partial charge in [0.1, 0.15) is 12.7 Å². The zero-order chi connectivity index (χ0) is 21.1. The number of rotatable bonds is 6. The fraction of sp³-hybridized carbons (Fsp3) is 0.409. The van der Waals surface area contributed by atoms with Gasteiger partial charge in [-0.25, -0.2) is 13.1 Å². The van der Waals surface area contributed by atoms with Crippen LogP contribution in [0.3, 0.4) is 0 Å². The van der Waals surface area contributed by atoms with Crippen LogP contribution < -0.4 is 4.72 Å². The summed E-state index contributed by atoms with van der Waals surface area (Å²) in [6, 6.07) is 9.64. The number of aryl methyl sites for hydroxylation is 2. The van der Waals surface area contributed by atoms with E-state index >= 15 is 0 Å². The standard InChI is InChI=1S/C22H27N5O2S/c1-3-17-11-18(19-8-7-16(2)23-13-19)9-10-22(17)30(28,29)26-20-5-4-6-21(12-20)27-14-24-25-15-27/h7-11,13-15,20-21,26H,3-6,12H2,1-2H3/t20-,21+/m0/s1. The van der Waals surface area contributed by atoms with Crippen molar-refractivity contribution in [1.82, 2.24) is 24.5 Å². The van der Waals surface area contributed by atoms with E-state index in [2.05, 4.69) is 19.9 Å². The van der Waals surface area contributed by atoms with Crippen LogP contribution in [-0.2, 0) is 16.4 Å². The van der Waals surface area contributed by atoms with E-state index in [9.17, 15) is 8.42 Å². The van der Waals surface area contributed by atoms with Gasteiger partial charge >= 0.3 is 0 Å². The summed E-state index contributed by atoms with van der Waals surface area (Å²) in [6.45, 7) is 3.93. The van der Waals surface area contributed by atoms with Crippen LogP contribution >= 0.6 is 0 Å². The van der Waals surface area contributed by atoms with Crippen LogP contribution in [0.5, 0.6) is 0 Å². The minimum Gasteiger partial charge on any atom is -0.317 e. The first kappa shape index (κ1) is 20.7. The van der Waals surface area contributed by atoms with Crippen LogP contribution in [0.15, 0.2) is 54.1 Å². The Hall–Kier alpha value is -2.58. The second kappa shape index (κ2) is 8.65. The van der Waals surface area contributed by atoms with Gasteiger partial charge in [-0.05, 0) is 68.4 Å². The Labute approximate surface area is 177 Å². The highest BCUT2D eigenvalue weighted by molar-refractivity contribution is 7.89. The normalized spacial score (nSPS) is 19.7. The van der Waals surface area contributed by atoms with Crippen molar-refractivity contribution < 1.29 is 8.42 Å². The SMILES string of the molecule is CCc1cc(-c2ccc(C)nc2)ccc1S(=O)(=O)N[C@H]1CCC[C@@H](n2cnnc2)C1. The van der Waals surface area contributed by atoms with Gasteiger partial charge in [-0.15, -0.1) is 10.2 Å². The van der Waals surface area contributed by atoms with E-state index in [1.807, 2.05) is 48.9 Å². The lowest BCUT2D eigenvalue weighted by molar-refractivity contribution is 0.305. The number of hydrogen-bond donors (Lipinski definition) is 1. The predicted molar refractivity (Wildman–Crippen MR) is 115 cm³/mol. The van der Waals surface area contributed by atoms with Crippen LogP contribution in [0.4, 0.5) is 0 Å². The molecule has 1 aliphatic carbocycles. The van der Waals surface area contributed by atoms with Gasteiger partial charge in [0.15, 0.2) is 0 Å². The first-order valence-corrected chi connectivity index (χ1v) is 11.9. The molecule has 3 aromatic rings. The predicted octanol–water partition coefficient (Wildman–Crippen LogP) is 3.67. The Morgan fingerprint density at radius 1 is 1.10 bits per heavy atom. The van der Waals surface area contributed by atoms with E-state index in [-0.39, 0.29) is 12.1 Å². The van der Waals surface area contributed by atoms with Gasteiger partial charge < -0.3 is 4.57 Å². The third-order valence-electron chi connectivity index (χ3n) is 5.80. The number of nitrogens with zero attached hydrogens (tertiary/aromatic N) is 4. The minimum atomic E-state index is -3.61. The molecule has 0 spiro atoms. The summed E-state index contributed by atoms with van der Waals surface area (Å²) < 4.78 is 31.3. The highest BCUT2D eigenvalue weighted by Gasteiger charge is 2.28. The van der Waals surface area contributed by atoms with E-state index in [0.717, 1.165) is 48.1 Å². The fourth-order valence-corrected chi connectivity index (χ4v) is 5.73. The Kier molecular flexibility index (Phi) is 5.97. The first-order valence-electron chi connectivity index (χ1n) is 10.4. The lowest BCUT2D eigenvalue weighted by Crippen LogP contribution is -2.39. The molecule has 0 bridgehead atoms. The van der Waals surface area contributed by atoms with Crippen LogP contribution in [0, 0.1) is 6.92 Å². The van der Waals surface area contributed by atoms with E-state index < -0.39 is 10.0 Å². The molecule has 30 heavy (non-hydrogen) atoms. The molecule has 7 nitrogen and oxygen atoms in total. The topological polar surface area (TPSA) is 89.8 Å². The molecule has 2 heterocycles. The lowest BCUT2D eigenvalue weighted by Gasteiger charge is -2.30. The summed E-state index contributed by atoms with van der Waals surface area (Å²) in [4.78, 5) is 4.71. The maximum atomic E-state index is 13.2. The number of sulfonamides is 1. The van der Waals surface area contributed by atoms with Gasteiger partial charge in [-0.2, -0.15) is 0 Å². The smallest absolute Gasteiger partial charge is 0.241 e. The Balaban J connectivity index is 1.55. The summed E-state index contributed by atoms with van der Waals surface area (Å²) in [5.74, 6) is 0. The molecule has 1 saturated carbocycles. The van der Waals surface area contributed by atoms with Gasteiger partial charge in [-0.3, -0.25) is 4.98 Å². The largest absolute Gasteiger partial charge is 0.317 e. The number of hydrogen-bond acceptors (Lipinski definition) is 5. The van der Waals surface area contributed by atoms with Crippen molar-refractivity contribution in [2.75, 3.05) is 0 Å². The third-order valence-corrected chi connectivity index (χ3v) is 7.42. The quantitative estimate of drug-likeness (QED) is 0.651. The summed E-state index contributed by atoms with van der Waals surface area (Å²) in [6.07, 6.45) is 9.43. The summed E-state index contributed by atoms with van der Waals surface area (Å²) in [5.41, 5.74) is 3.72. The van der Waals surface area contributed by atoms with Crippen LogP contribution in [0.25, 0.3) is 11.1 Å². The number of benzene rings is 1. The summed E-state index contributed by atoms with van der Waals surface area (Å²) in [5, 5.41) is 7.75. The molecule has 1 aromatic carbocycles. The molecule has 1 aliphatic rings. The van der Waals surface area contributed by atoms with Gasteiger partial charge in [0.2, 0.25) is 10.0 Å². The Morgan fingerprint density at radius 3 is 2.57 bits per heavy atom. The molecule has 0 amide bonds. The molecule has 8 heteroatoms. The number of aromatic nitrogens is 4.